The van der Waals surface area contributed by atoms with E-state index in [1.807, 2.05) is 11.8 Å². The van der Waals surface area contributed by atoms with Crippen molar-refractivity contribution in [1.29, 1.82) is 0 Å². The number of hydrogen-bond acceptors (Lipinski definition) is 5. The van der Waals surface area contributed by atoms with Gasteiger partial charge in [-0.15, -0.1) is 0 Å². The Labute approximate surface area is 142 Å². The Morgan fingerprint density at radius 1 is 1.25 bits per heavy atom. The molecular formula is C17H25N5O2. The lowest BCUT2D eigenvalue weighted by atomic mass is 9.86. The highest BCUT2D eigenvalue weighted by molar-refractivity contribution is 5.92. The largest absolute Gasteiger partial charge is 0.356 e. The molecule has 0 aromatic carbocycles. The van der Waals surface area contributed by atoms with Crippen LogP contribution in [0, 0.1) is 13.8 Å². The van der Waals surface area contributed by atoms with Gasteiger partial charge in [0.15, 0.2) is 0 Å². The van der Waals surface area contributed by atoms with Crippen molar-refractivity contribution in [2.75, 3.05) is 33.2 Å². The molecule has 2 amide bonds. The van der Waals surface area contributed by atoms with Crippen molar-refractivity contribution in [3.05, 3.63) is 23.3 Å². The first kappa shape index (κ1) is 16.8. The van der Waals surface area contributed by atoms with Crippen molar-refractivity contribution < 1.29 is 9.59 Å². The first-order chi connectivity index (χ1) is 11.4. The lowest BCUT2D eigenvalue weighted by Gasteiger charge is -2.49. The average molecular weight is 331 g/mol. The van der Waals surface area contributed by atoms with Crippen molar-refractivity contribution >= 4 is 11.8 Å². The summed E-state index contributed by atoms with van der Waals surface area (Å²) >= 11 is 0. The maximum atomic E-state index is 12.9. The van der Waals surface area contributed by atoms with Crippen molar-refractivity contribution in [3.8, 4) is 0 Å². The Balaban J connectivity index is 1.82. The van der Waals surface area contributed by atoms with Gasteiger partial charge in [0.05, 0.1) is 0 Å². The lowest BCUT2D eigenvalue weighted by Crippen LogP contribution is -2.62. The fourth-order valence-corrected chi connectivity index (χ4v) is 3.76. The summed E-state index contributed by atoms with van der Waals surface area (Å²) in [5.74, 6) is 0.678. The van der Waals surface area contributed by atoms with E-state index in [-0.39, 0.29) is 17.4 Å². The van der Waals surface area contributed by atoms with Crippen molar-refractivity contribution in [3.63, 3.8) is 0 Å². The Morgan fingerprint density at radius 2 is 2.04 bits per heavy atom. The number of aryl methyl sites for hydroxylation is 2. The van der Waals surface area contributed by atoms with E-state index in [4.69, 9.17) is 0 Å². The summed E-state index contributed by atoms with van der Waals surface area (Å²) < 4.78 is 0. The minimum atomic E-state index is -0.135. The zero-order valence-corrected chi connectivity index (χ0v) is 14.6. The van der Waals surface area contributed by atoms with Crippen LogP contribution in [0.1, 0.15) is 41.3 Å². The molecule has 2 aliphatic heterocycles. The molecule has 3 heterocycles. The van der Waals surface area contributed by atoms with Gasteiger partial charge in [0.1, 0.15) is 11.5 Å². The van der Waals surface area contributed by atoms with Gasteiger partial charge in [-0.1, -0.05) is 0 Å². The second-order valence-electron chi connectivity index (χ2n) is 6.91. The zero-order valence-electron chi connectivity index (χ0n) is 14.6. The highest BCUT2D eigenvalue weighted by Gasteiger charge is 2.42. The van der Waals surface area contributed by atoms with E-state index < -0.39 is 0 Å². The molecule has 0 bridgehead atoms. The van der Waals surface area contributed by atoms with Crippen molar-refractivity contribution in [2.45, 2.75) is 38.6 Å². The van der Waals surface area contributed by atoms with Crippen LogP contribution in [0.4, 0.5) is 0 Å². The van der Waals surface area contributed by atoms with Crippen LogP contribution in [0.5, 0.6) is 0 Å². The van der Waals surface area contributed by atoms with Gasteiger partial charge in [-0.3, -0.25) is 14.5 Å². The number of hydrogen-bond donors (Lipinski definition) is 1. The van der Waals surface area contributed by atoms with Crippen LogP contribution in [0.3, 0.4) is 0 Å². The summed E-state index contributed by atoms with van der Waals surface area (Å²) in [6.45, 7) is 6.47. The number of amides is 2. The fraction of sp³-hybridized carbons (Fsp3) is 0.647. The van der Waals surface area contributed by atoms with E-state index in [0.29, 0.717) is 37.6 Å². The topological polar surface area (TPSA) is 78.4 Å². The van der Waals surface area contributed by atoms with Crippen LogP contribution in [-0.2, 0) is 4.79 Å². The molecule has 1 N–H and O–H groups in total. The number of rotatable bonds is 1. The van der Waals surface area contributed by atoms with Crippen molar-refractivity contribution in [1.82, 2.24) is 25.1 Å². The molecule has 0 radical (unpaired) electrons. The van der Waals surface area contributed by atoms with Gasteiger partial charge in [0, 0.05) is 43.8 Å². The summed E-state index contributed by atoms with van der Waals surface area (Å²) in [4.78, 5) is 37.4. The van der Waals surface area contributed by atoms with Crippen LogP contribution in [0.25, 0.3) is 0 Å². The molecule has 1 atom stereocenters. The van der Waals surface area contributed by atoms with Gasteiger partial charge < -0.3 is 10.2 Å². The van der Waals surface area contributed by atoms with Crippen LogP contribution in [-0.4, -0.2) is 70.3 Å². The predicted molar refractivity (Wildman–Crippen MR) is 89.6 cm³/mol. The van der Waals surface area contributed by atoms with Gasteiger partial charge in [-0.25, -0.2) is 9.97 Å². The summed E-state index contributed by atoms with van der Waals surface area (Å²) in [5, 5.41) is 2.94. The van der Waals surface area contributed by atoms with Crippen molar-refractivity contribution in [2.24, 2.45) is 0 Å². The molecule has 7 heteroatoms. The van der Waals surface area contributed by atoms with Gasteiger partial charge in [0.2, 0.25) is 5.91 Å². The third-order valence-electron chi connectivity index (χ3n) is 5.20. The number of nitrogens with zero attached hydrogens (tertiary/aromatic N) is 4. The standard InChI is InChI=1S/C17H25N5O2/c1-12-10-14(20-13(2)19-12)16(24)22-9-8-21(3)17(11-22)5-4-15(23)18-7-6-17/h10H,4-9,11H2,1-3H3,(H,18,23)/t17-/m0/s1. The third kappa shape index (κ3) is 3.26. The molecule has 7 nitrogen and oxygen atoms in total. The predicted octanol–water partition coefficient (Wildman–Crippen LogP) is 0.520. The minimum absolute atomic E-state index is 0.0420. The highest BCUT2D eigenvalue weighted by atomic mass is 16.2. The van der Waals surface area contributed by atoms with Gasteiger partial charge in [-0.2, -0.15) is 0 Å². The minimum Gasteiger partial charge on any atom is -0.356 e. The van der Waals surface area contributed by atoms with Crippen LogP contribution in [0.15, 0.2) is 6.07 Å². The highest BCUT2D eigenvalue weighted by Crippen LogP contribution is 2.30. The number of carbonyl (C=O) groups excluding carboxylic acids is 2. The molecule has 0 saturated carbocycles. The Bertz CT molecular complexity index is 642. The SMILES string of the molecule is Cc1cc(C(=O)N2CCN(C)[C@@]3(CCNC(=O)CC3)C2)nc(C)n1. The van der Waals surface area contributed by atoms with Crippen LogP contribution >= 0.6 is 0 Å². The maximum Gasteiger partial charge on any atom is 0.272 e. The first-order valence-corrected chi connectivity index (χ1v) is 8.49. The number of aromatic nitrogens is 2. The van der Waals surface area contributed by atoms with Crippen LogP contribution < -0.4 is 5.32 Å². The Morgan fingerprint density at radius 3 is 2.79 bits per heavy atom. The summed E-state index contributed by atoms with van der Waals surface area (Å²) in [5.41, 5.74) is 1.13. The van der Waals surface area contributed by atoms with Gasteiger partial charge in [0.25, 0.3) is 5.91 Å². The quantitative estimate of drug-likeness (QED) is 0.812. The van der Waals surface area contributed by atoms with E-state index in [2.05, 4.69) is 27.2 Å². The van der Waals surface area contributed by atoms with E-state index >= 15 is 0 Å². The Kier molecular flexibility index (Phi) is 4.54. The third-order valence-corrected chi connectivity index (χ3v) is 5.20. The zero-order chi connectivity index (χ0) is 17.3. The number of carbonyl (C=O) groups is 2. The van der Waals surface area contributed by atoms with E-state index in [1.54, 1.807) is 13.0 Å². The van der Waals surface area contributed by atoms with E-state index in [0.717, 1.165) is 25.1 Å². The number of piperazine rings is 1. The Hall–Kier alpha value is -2.02. The molecular weight excluding hydrogens is 306 g/mol. The molecule has 1 aromatic heterocycles. The normalized spacial score (nSPS) is 25.5. The van der Waals surface area contributed by atoms with E-state index in [1.165, 1.54) is 0 Å². The molecule has 2 saturated heterocycles. The molecule has 130 valence electrons. The molecule has 0 aliphatic carbocycles. The average Bonchev–Trinajstić information content (AvgIpc) is 2.71. The molecule has 2 aliphatic rings. The monoisotopic (exact) mass is 331 g/mol. The second kappa shape index (κ2) is 6.47. The molecule has 0 unspecified atom stereocenters. The molecule has 2 fully saturated rings. The fourth-order valence-electron chi connectivity index (χ4n) is 3.76. The molecule has 1 aromatic rings. The van der Waals surface area contributed by atoms with Gasteiger partial charge in [-0.05, 0) is 39.8 Å². The molecule has 24 heavy (non-hydrogen) atoms. The smallest absolute Gasteiger partial charge is 0.272 e. The molecule has 1 spiro atoms. The number of nitrogens with one attached hydrogen (secondary N) is 1. The summed E-state index contributed by atoms with van der Waals surface area (Å²) in [6.07, 6.45) is 2.15. The summed E-state index contributed by atoms with van der Waals surface area (Å²) in [6, 6.07) is 1.75. The lowest BCUT2D eigenvalue weighted by molar-refractivity contribution is -0.121. The maximum absolute atomic E-state index is 12.9. The van der Waals surface area contributed by atoms with Gasteiger partial charge >= 0.3 is 0 Å². The summed E-state index contributed by atoms with van der Waals surface area (Å²) in [7, 11) is 2.09. The first-order valence-electron chi connectivity index (χ1n) is 8.49. The van der Waals surface area contributed by atoms with Crippen LogP contribution in [0.2, 0.25) is 0 Å². The van der Waals surface area contributed by atoms with E-state index in [9.17, 15) is 9.59 Å². The molecule has 3 rings (SSSR count). The second-order valence-corrected chi connectivity index (χ2v) is 6.91. The number of likely N-dealkylation sites (N-methyl/N-ethyl adjacent to an activating group) is 1.